The quantitative estimate of drug-likeness (QED) is 0.644. The molecule has 10 heteroatoms. The van der Waals surface area contributed by atoms with Crippen LogP contribution >= 0.6 is 0 Å². The number of hydrogen-bond donors (Lipinski definition) is 2. The largest absolute Gasteiger partial charge is 0.416 e. The van der Waals surface area contributed by atoms with E-state index >= 15 is 0 Å². The molecule has 0 saturated carbocycles. The van der Waals surface area contributed by atoms with E-state index in [1.807, 2.05) is 17.0 Å². The van der Waals surface area contributed by atoms with Crippen molar-refractivity contribution in [2.75, 3.05) is 19.8 Å². The van der Waals surface area contributed by atoms with Crippen LogP contribution in [0.15, 0.2) is 48.8 Å². The Morgan fingerprint density at radius 3 is 2.71 bits per heavy atom. The van der Waals surface area contributed by atoms with Gasteiger partial charge in [0.15, 0.2) is 0 Å². The Balaban J connectivity index is 1.38. The van der Waals surface area contributed by atoms with Crippen molar-refractivity contribution in [1.82, 2.24) is 15.2 Å². The summed E-state index contributed by atoms with van der Waals surface area (Å²) in [6, 6.07) is 8.79. The Bertz CT molecular complexity index is 976. The van der Waals surface area contributed by atoms with E-state index in [0.29, 0.717) is 24.9 Å². The predicted octanol–water partition coefficient (Wildman–Crippen LogP) is 2.92. The molecule has 0 unspecified atom stereocenters. The van der Waals surface area contributed by atoms with Crippen LogP contribution in [0.2, 0.25) is 0 Å². The molecular weight excluding hydrogens is 463 g/mol. The lowest BCUT2D eigenvalue weighted by molar-refractivity contribution is -0.158. The number of carbonyl (C=O) groups is 1. The van der Waals surface area contributed by atoms with Gasteiger partial charge in [-0.1, -0.05) is 18.2 Å². The van der Waals surface area contributed by atoms with Gasteiger partial charge in [-0.2, -0.15) is 13.2 Å². The number of amides is 1. The second-order valence-corrected chi connectivity index (χ2v) is 9.10. The number of halogens is 3. The fourth-order valence-electron chi connectivity index (χ4n) is 4.69. The molecule has 1 aromatic heterocycles. The SMILES string of the molecule is O=C(C[C@H]1CC[C@@H]2[C@H](COC[C@H](O)CN2Cc2cccc(C(F)(F)F)c2)O1)NCc1ccncc1. The van der Waals surface area contributed by atoms with E-state index in [9.17, 15) is 23.1 Å². The van der Waals surface area contributed by atoms with Crippen LogP contribution in [0.4, 0.5) is 13.2 Å². The standard InChI is InChI=1S/C25H30F3N3O4/c26-25(27,28)19-3-1-2-18(10-19)13-31-14-20(32)15-34-16-23-22(31)5-4-21(35-23)11-24(33)30-12-17-6-8-29-9-7-17/h1-3,6-10,20-23,32H,4-5,11-16H2,(H,30,33)/t20-,21-,22-,23+/m1/s1. The first-order chi connectivity index (χ1) is 16.8. The number of rotatable bonds is 6. The van der Waals surface area contributed by atoms with Gasteiger partial charge in [0.2, 0.25) is 5.91 Å². The van der Waals surface area contributed by atoms with E-state index in [1.165, 1.54) is 6.07 Å². The molecule has 1 aromatic carbocycles. The zero-order valence-electron chi connectivity index (χ0n) is 19.3. The maximum atomic E-state index is 13.2. The number of benzene rings is 1. The molecule has 1 amide bonds. The first kappa shape index (κ1) is 25.6. The van der Waals surface area contributed by atoms with Crippen molar-refractivity contribution in [1.29, 1.82) is 0 Å². The third kappa shape index (κ3) is 7.23. The number of pyridine rings is 1. The molecule has 2 saturated heterocycles. The van der Waals surface area contributed by atoms with Crippen molar-refractivity contribution in [3.05, 3.63) is 65.5 Å². The molecule has 2 fully saturated rings. The summed E-state index contributed by atoms with van der Waals surface area (Å²) in [5, 5.41) is 13.2. The molecule has 4 atom stereocenters. The van der Waals surface area contributed by atoms with Crippen LogP contribution in [0.25, 0.3) is 0 Å². The van der Waals surface area contributed by atoms with Crippen LogP contribution in [0.1, 0.15) is 36.0 Å². The van der Waals surface area contributed by atoms with Gasteiger partial charge in [0.05, 0.1) is 43.5 Å². The number of nitrogens with zero attached hydrogens (tertiary/aromatic N) is 2. The Labute approximate surface area is 202 Å². The van der Waals surface area contributed by atoms with Crippen molar-refractivity contribution >= 4 is 5.91 Å². The summed E-state index contributed by atoms with van der Waals surface area (Å²) < 4.78 is 51.4. The average molecular weight is 494 g/mol. The molecule has 35 heavy (non-hydrogen) atoms. The number of ether oxygens (including phenoxy) is 2. The number of aliphatic hydroxyl groups excluding tert-OH is 1. The van der Waals surface area contributed by atoms with Gasteiger partial charge in [0.25, 0.3) is 0 Å². The van der Waals surface area contributed by atoms with E-state index in [2.05, 4.69) is 10.3 Å². The van der Waals surface area contributed by atoms with Crippen LogP contribution in [-0.2, 0) is 33.5 Å². The summed E-state index contributed by atoms with van der Waals surface area (Å²) in [6.45, 7) is 1.28. The summed E-state index contributed by atoms with van der Waals surface area (Å²) in [7, 11) is 0. The first-order valence-corrected chi connectivity index (χ1v) is 11.7. The monoisotopic (exact) mass is 493 g/mol. The minimum atomic E-state index is -4.42. The molecule has 0 radical (unpaired) electrons. The van der Waals surface area contributed by atoms with E-state index in [4.69, 9.17) is 9.47 Å². The van der Waals surface area contributed by atoms with Crippen molar-refractivity contribution in [2.24, 2.45) is 0 Å². The summed E-state index contributed by atoms with van der Waals surface area (Å²) in [6.07, 6.45) is -0.937. The second kappa shape index (κ2) is 11.5. The molecule has 0 aliphatic carbocycles. The summed E-state index contributed by atoms with van der Waals surface area (Å²) >= 11 is 0. The number of carbonyl (C=O) groups excluding carboxylic acids is 1. The number of fused-ring (bicyclic) bond motifs is 1. The Morgan fingerprint density at radius 2 is 1.94 bits per heavy atom. The third-order valence-corrected chi connectivity index (χ3v) is 6.38. The Hall–Kier alpha value is -2.53. The maximum absolute atomic E-state index is 13.2. The highest BCUT2D eigenvalue weighted by Crippen LogP contribution is 2.32. The highest BCUT2D eigenvalue weighted by atomic mass is 19.4. The topological polar surface area (TPSA) is 83.9 Å². The van der Waals surface area contributed by atoms with Crippen LogP contribution in [0.3, 0.4) is 0 Å². The van der Waals surface area contributed by atoms with Crippen molar-refractivity contribution in [2.45, 2.75) is 62.9 Å². The van der Waals surface area contributed by atoms with E-state index < -0.39 is 17.8 Å². The summed E-state index contributed by atoms with van der Waals surface area (Å²) in [4.78, 5) is 18.4. The lowest BCUT2D eigenvalue weighted by Gasteiger charge is -2.44. The van der Waals surface area contributed by atoms with E-state index in [-0.39, 0.29) is 56.9 Å². The average Bonchev–Trinajstić information content (AvgIpc) is 2.82. The van der Waals surface area contributed by atoms with Crippen molar-refractivity contribution < 1.29 is 32.5 Å². The number of alkyl halides is 3. The summed E-state index contributed by atoms with van der Waals surface area (Å²) in [5.74, 6) is -0.117. The Kier molecular flexibility index (Phi) is 8.38. The lowest BCUT2D eigenvalue weighted by Crippen LogP contribution is -2.55. The van der Waals surface area contributed by atoms with Crippen LogP contribution in [0.5, 0.6) is 0 Å². The van der Waals surface area contributed by atoms with Gasteiger partial charge in [0, 0.05) is 38.1 Å². The zero-order chi connectivity index (χ0) is 24.8. The molecule has 2 aromatic rings. The maximum Gasteiger partial charge on any atom is 0.416 e. The fourth-order valence-corrected chi connectivity index (χ4v) is 4.69. The molecule has 0 spiro atoms. The lowest BCUT2D eigenvalue weighted by atomic mass is 9.94. The Morgan fingerprint density at radius 1 is 1.14 bits per heavy atom. The molecule has 190 valence electrons. The fraction of sp³-hybridized carbons (Fsp3) is 0.520. The zero-order valence-corrected chi connectivity index (χ0v) is 19.3. The van der Waals surface area contributed by atoms with Crippen molar-refractivity contribution in [3.8, 4) is 0 Å². The number of nitrogens with one attached hydrogen (secondary N) is 1. The van der Waals surface area contributed by atoms with E-state index in [0.717, 1.165) is 17.7 Å². The van der Waals surface area contributed by atoms with Gasteiger partial charge >= 0.3 is 6.18 Å². The van der Waals surface area contributed by atoms with Crippen molar-refractivity contribution in [3.63, 3.8) is 0 Å². The highest BCUT2D eigenvalue weighted by molar-refractivity contribution is 5.76. The smallest absolute Gasteiger partial charge is 0.389 e. The third-order valence-electron chi connectivity index (χ3n) is 6.38. The van der Waals surface area contributed by atoms with Gasteiger partial charge in [-0.3, -0.25) is 14.7 Å². The van der Waals surface area contributed by atoms with E-state index in [1.54, 1.807) is 18.5 Å². The molecule has 2 aliphatic heterocycles. The van der Waals surface area contributed by atoms with Crippen LogP contribution < -0.4 is 5.32 Å². The van der Waals surface area contributed by atoms with Gasteiger partial charge in [-0.05, 0) is 42.2 Å². The molecule has 2 aliphatic rings. The molecule has 0 bridgehead atoms. The molecule has 2 N–H and O–H groups in total. The highest BCUT2D eigenvalue weighted by Gasteiger charge is 2.38. The van der Waals surface area contributed by atoms with Gasteiger partial charge in [0.1, 0.15) is 0 Å². The van der Waals surface area contributed by atoms with Gasteiger partial charge in [-0.25, -0.2) is 0 Å². The molecule has 7 nitrogen and oxygen atoms in total. The number of aliphatic hydroxyl groups is 1. The second-order valence-electron chi connectivity index (χ2n) is 9.10. The first-order valence-electron chi connectivity index (χ1n) is 11.7. The molecular formula is C25H30F3N3O4. The van der Waals surface area contributed by atoms with Crippen LogP contribution in [-0.4, -0.2) is 65.0 Å². The molecule has 4 rings (SSSR count). The number of β-amino-alcohol motifs (C(OH)–C–C–N with tert-alkyl or cyclic N) is 1. The predicted molar refractivity (Wildman–Crippen MR) is 121 cm³/mol. The summed E-state index contributed by atoms with van der Waals surface area (Å²) in [5.41, 5.74) is 0.778. The van der Waals surface area contributed by atoms with Gasteiger partial charge in [-0.15, -0.1) is 0 Å². The molecule has 3 heterocycles. The normalized spacial score (nSPS) is 25.8. The van der Waals surface area contributed by atoms with Gasteiger partial charge < -0.3 is 19.9 Å². The van der Waals surface area contributed by atoms with Crippen LogP contribution in [0, 0.1) is 0 Å². The number of aromatic nitrogens is 1. The minimum Gasteiger partial charge on any atom is -0.389 e. The number of hydrogen-bond acceptors (Lipinski definition) is 6. The minimum absolute atomic E-state index is 0.114.